The summed E-state index contributed by atoms with van der Waals surface area (Å²) in [7, 11) is 0. The van der Waals surface area contributed by atoms with E-state index in [-0.39, 0.29) is 0 Å². The first kappa shape index (κ1) is 16.7. The second-order valence-electron chi connectivity index (χ2n) is 6.50. The topological polar surface area (TPSA) is 16.1 Å². The van der Waals surface area contributed by atoms with E-state index in [0.29, 0.717) is 0 Å². The maximum Gasteiger partial charge on any atom is 0.0708 e. The molecule has 1 aromatic heterocycles. The van der Waals surface area contributed by atoms with Gasteiger partial charge in [0.2, 0.25) is 0 Å². The van der Waals surface area contributed by atoms with Crippen LogP contribution in [0.15, 0.2) is 61.2 Å². The van der Waals surface area contributed by atoms with E-state index in [4.69, 9.17) is 4.98 Å². The summed E-state index contributed by atoms with van der Waals surface area (Å²) in [6, 6.07) is 15.0. The molecular formula is C22H26N2. The number of likely N-dealkylation sites (tertiary alicyclic amines) is 1. The number of hydrogen-bond donors (Lipinski definition) is 0. The van der Waals surface area contributed by atoms with Crippen molar-refractivity contribution >= 4 is 5.57 Å². The molecule has 2 heteroatoms. The Morgan fingerprint density at radius 1 is 1.12 bits per heavy atom. The van der Waals surface area contributed by atoms with E-state index in [1.54, 1.807) is 0 Å². The molecule has 1 fully saturated rings. The minimum absolute atomic E-state index is 0.807. The average Bonchev–Trinajstić information content (AvgIpc) is 3.11. The number of aromatic nitrogens is 1. The molecule has 2 heterocycles. The van der Waals surface area contributed by atoms with Gasteiger partial charge in [0.1, 0.15) is 0 Å². The van der Waals surface area contributed by atoms with Crippen LogP contribution in [-0.4, -0.2) is 29.5 Å². The lowest BCUT2D eigenvalue weighted by Gasteiger charge is -2.14. The smallest absolute Gasteiger partial charge is 0.0708 e. The van der Waals surface area contributed by atoms with Gasteiger partial charge in [-0.25, -0.2) is 0 Å². The van der Waals surface area contributed by atoms with Crippen molar-refractivity contribution in [2.45, 2.75) is 26.2 Å². The molecule has 124 valence electrons. The van der Waals surface area contributed by atoms with Gasteiger partial charge in [0.05, 0.1) is 5.69 Å². The number of aryl methyl sites for hydroxylation is 1. The Balaban J connectivity index is 1.94. The van der Waals surface area contributed by atoms with Crippen LogP contribution in [0.1, 0.15) is 35.4 Å². The Kier molecular flexibility index (Phi) is 5.60. The second kappa shape index (κ2) is 8.07. The Bertz CT molecular complexity index is 707. The van der Waals surface area contributed by atoms with Crippen LogP contribution in [-0.2, 0) is 6.42 Å². The van der Waals surface area contributed by atoms with Gasteiger partial charge in [-0.15, -0.1) is 6.58 Å². The van der Waals surface area contributed by atoms with Crippen LogP contribution in [0.2, 0.25) is 0 Å². The van der Waals surface area contributed by atoms with Crippen molar-refractivity contribution in [1.82, 2.24) is 9.88 Å². The molecule has 0 amide bonds. The van der Waals surface area contributed by atoms with Gasteiger partial charge in [0, 0.05) is 24.2 Å². The fourth-order valence-corrected chi connectivity index (χ4v) is 3.18. The monoisotopic (exact) mass is 318 g/mol. The first-order valence-corrected chi connectivity index (χ1v) is 8.83. The third kappa shape index (κ3) is 4.21. The van der Waals surface area contributed by atoms with Crippen molar-refractivity contribution in [3.63, 3.8) is 0 Å². The molecule has 0 atom stereocenters. The van der Waals surface area contributed by atoms with E-state index in [9.17, 15) is 0 Å². The average molecular weight is 318 g/mol. The molecule has 2 nitrogen and oxygen atoms in total. The normalized spacial score (nSPS) is 15.6. The maximum atomic E-state index is 4.85. The molecule has 24 heavy (non-hydrogen) atoms. The summed E-state index contributed by atoms with van der Waals surface area (Å²) in [6.45, 7) is 9.37. The highest BCUT2D eigenvalue weighted by molar-refractivity contribution is 5.78. The van der Waals surface area contributed by atoms with E-state index >= 15 is 0 Å². The van der Waals surface area contributed by atoms with Gasteiger partial charge in [-0.1, -0.05) is 48.0 Å². The zero-order valence-electron chi connectivity index (χ0n) is 14.5. The molecule has 0 saturated carbocycles. The van der Waals surface area contributed by atoms with Crippen LogP contribution < -0.4 is 0 Å². The second-order valence-corrected chi connectivity index (χ2v) is 6.50. The van der Waals surface area contributed by atoms with E-state index in [2.05, 4.69) is 66.9 Å². The predicted molar refractivity (Wildman–Crippen MR) is 102 cm³/mol. The van der Waals surface area contributed by atoms with Gasteiger partial charge >= 0.3 is 0 Å². The van der Waals surface area contributed by atoms with Crippen LogP contribution >= 0.6 is 0 Å². The lowest BCUT2D eigenvalue weighted by molar-refractivity contribution is 0.377. The number of allylic oxidation sites excluding steroid dienone is 1. The highest BCUT2D eigenvalue weighted by Gasteiger charge is 2.12. The summed E-state index contributed by atoms with van der Waals surface area (Å²) in [5, 5.41) is 0. The van der Waals surface area contributed by atoms with E-state index in [0.717, 1.165) is 24.4 Å². The lowest BCUT2D eigenvalue weighted by atomic mass is 10.00. The molecule has 0 radical (unpaired) electrons. The molecule has 0 aliphatic carbocycles. The molecular weight excluding hydrogens is 292 g/mol. The molecule has 0 N–H and O–H groups in total. The molecule has 1 aliphatic heterocycles. The first-order valence-electron chi connectivity index (χ1n) is 8.83. The molecule has 1 aromatic carbocycles. The van der Waals surface area contributed by atoms with Crippen molar-refractivity contribution < 1.29 is 0 Å². The van der Waals surface area contributed by atoms with Crippen molar-refractivity contribution in [1.29, 1.82) is 0 Å². The van der Waals surface area contributed by atoms with Crippen molar-refractivity contribution in [3.05, 3.63) is 83.7 Å². The molecule has 2 aromatic rings. The lowest BCUT2D eigenvalue weighted by Crippen LogP contribution is -2.19. The maximum absolute atomic E-state index is 4.85. The zero-order valence-corrected chi connectivity index (χ0v) is 14.5. The van der Waals surface area contributed by atoms with E-state index in [1.165, 1.54) is 42.6 Å². The SMILES string of the molecule is C=CCc1cccc(C(=CCN2CCCC2)c2ccc(C)cc2)n1. The minimum Gasteiger partial charge on any atom is -0.300 e. The highest BCUT2D eigenvalue weighted by Crippen LogP contribution is 2.23. The largest absolute Gasteiger partial charge is 0.300 e. The van der Waals surface area contributed by atoms with Crippen molar-refractivity contribution in [2.75, 3.05) is 19.6 Å². The molecule has 3 rings (SSSR count). The zero-order chi connectivity index (χ0) is 16.8. The quantitative estimate of drug-likeness (QED) is 0.721. The van der Waals surface area contributed by atoms with Gasteiger partial charge in [-0.2, -0.15) is 0 Å². The number of pyridine rings is 1. The Labute approximate surface area is 145 Å². The summed E-state index contributed by atoms with van der Waals surface area (Å²) in [5.74, 6) is 0. The van der Waals surface area contributed by atoms with E-state index < -0.39 is 0 Å². The van der Waals surface area contributed by atoms with Crippen LogP contribution in [0.5, 0.6) is 0 Å². The Morgan fingerprint density at radius 2 is 1.88 bits per heavy atom. The summed E-state index contributed by atoms with van der Waals surface area (Å²) < 4.78 is 0. The number of rotatable bonds is 6. The fourth-order valence-electron chi connectivity index (χ4n) is 3.18. The molecule has 0 unspecified atom stereocenters. The summed E-state index contributed by atoms with van der Waals surface area (Å²) in [6.07, 6.45) is 7.70. The molecule has 0 bridgehead atoms. The summed E-state index contributed by atoms with van der Waals surface area (Å²) >= 11 is 0. The van der Waals surface area contributed by atoms with Crippen LogP contribution in [0.4, 0.5) is 0 Å². The molecule has 0 spiro atoms. The standard InChI is InChI=1S/C22H26N2/c1-3-7-20-8-6-9-22(23-20)21(14-17-24-15-4-5-16-24)19-12-10-18(2)11-13-19/h3,6,8-14H,1,4-5,7,15-17H2,2H3. The van der Waals surface area contributed by atoms with Gasteiger partial charge in [0.15, 0.2) is 0 Å². The molecule has 1 saturated heterocycles. The van der Waals surface area contributed by atoms with Crippen molar-refractivity contribution in [2.24, 2.45) is 0 Å². The first-order chi connectivity index (χ1) is 11.8. The summed E-state index contributed by atoms with van der Waals surface area (Å²) in [5.41, 5.74) is 5.88. The van der Waals surface area contributed by atoms with Crippen LogP contribution in [0, 0.1) is 6.92 Å². The Hall–Kier alpha value is -2.19. The van der Waals surface area contributed by atoms with Crippen LogP contribution in [0.3, 0.4) is 0 Å². The van der Waals surface area contributed by atoms with E-state index in [1.807, 2.05) is 6.08 Å². The van der Waals surface area contributed by atoms with Crippen LogP contribution in [0.25, 0.3) is 5.57 Å². The van der Waals surface area contributed by atoms with Gasteiger partial charge in [-0.05, 0) is 50.6 Å². The fraction of sp³-hybridized carbons (Fsp3) is 0.318. The predicted octanol–water partition coefficient (Wildman–Crippen LogP) is 4.65. The third-order valence-electron chi connectivity index (χ3n) is 4.55. The van der Waals surface area contributed by atoms with Gasteiger partial charge in [0.25, 0.3) is 0 Å². The number of hydrogen-bond acceptors (Lipinski definition) is 2. The molecule has 1 aliphatic rings. The minimum atomic E-state index is 0.807. The number of nitrogens with zero attached hydrogens (tertiary/aromatic N) is 2. The van der Waals surface area contributed by atoms with Gasteiger partial charge < -0.3 is 0 Å². The van der Waals surface area contributed by atoms with Crippen molar-refractivity contribution in [3.8, 4) is 0 Å². The Morgan fingerprint density at radius 3 is 2.58 bits per heavy atom. The third-order valence-corrected chi connectivity index (χ3v) is 4.55. The highest BCUT2D eigenvalue weighted by atomic mass is 15.1. The summed E-state index contributed by atoms with van der Waals surface area (Å²) in [4.78, 5) is 7.36. The van der Waals surface area contributed by atoms with Gasteiger partial charge in [-0.3, -0.25) is 9.88 Å². The number of benzene rings is 1.